The lowest BCUT2D eigenvalue weighted by Gasteiger charge is -2.08. The molecule has 0 aliphatic carbocycles. The van der Waals surface area contributed by atoms with Crippen LogP contribution < -0.4 is 15.0 Å². The number of fused-ring (bicyclic) bond motifs is 1. The normalized spacial score (nSPS) is 11.0. The van der Waals surface area contributed by atoms with E-state index in [4.69, 9.17) is 21.1 Å². The number of thioether (sulfide) groups is 1. The first-order chi connectivity index (χ1) is 14.1. The summed E-state index contributed by atoms with van der Waals surface area (Å²) in [6, 6.07) is 14.8. The van der Waals surface area contributed by atoms with Gasteiger partial charge in [-0.25, -0.2) is 9.61 Å². The van der Waals surface area contributed by atoms with E-state index in [0.29, 0.717) is 38.6 Å². The second-order valence-electron chi connectivity index (χ2n) is 6.15. The summed E-state index contributed by atoms with van der Waals surface area (Å²) in [5, 5.41) is 12.5. The minimum atomic E-state index is -0.309. The molecule has 2 aromatic heterocycles. The molecule has 2 heterocycles. The maximum Gasteiger partial charge on any atom is 0.290 e. The molecule has 0 fully saturated rings. The molecule has 0 radical (unpaired) electrons. The van der Waals surface area contributed by atoms with Gasteiger partial charge in [0.1, 0.15) is 5.52 Å². The number of H-pyrrole nitrogens is 1. The molecular weight excluding hydrogens is 412 g/mol. The Morgan fingerprint density at radius 1 is 1.10 bits per heavy atom. The Hall–Kier alpha value is -2.97. The molecule has 9 heteroatoms. The third kappa shape index (κ3) is 3.94. The van der Waals surface area contributed by atoms with E-state index < -0.39 is 0 Å². The molecule has 29 heavy (non-hydrogen) atoms. The number of ether oxygens (including phenoxy) is 2. The smallest absolute Gasteiger partial charge is 0.290 e. The summed E-state index contributed by atoms with van der Waals surface area (Å²) in [6.07, 6.45) is 0. The van der Waals surface area contributed by atoms with Crippen molar-refractivity contribution < 1.29 is 9.47 Å². The van der Waals surface area contributed by atoms with E-state index in [0.717, 1.165) is 11.1 Å². The van der Waals surface area contributed by atoms with Gasteiger partial charge >= 0.3 is 0 Å². The first kappa shape index (κ1) is 19.4. The van der Waals surface area contributed by atoms with Gasteiger partial charge < -0.3 is 9.47 Å². The number of hydrogen-bond acceptors (Lipinski definition) is 6. The van der Waals surface area contributed by atoms with Crippen LogP contribution in [-0.2, 0) is 5.75 Å². The van der Waals surface area contributed by atoms with Crippen molar-refractivity contribution in [2.24, 2.45) is 0 Å². The third-order valence-corrected chi connectivity index (χ3v) is 5.55. The largest absolute Gasteiger partial charge is 0.493 e. The molecule has 1 N–H and O–H groups in total. The highest BCUT2D eigenvalue weighted by Crippen LogP contribution is 2.32. The van der Waals surface area contributed by atoms with E-state index in [9.17, 15) is 4.79 Å². The number of aromatic nitrogens is 4. The fourth-order valence-corrected chi connectivity index (χ4v) is 3.96. The highest BCUT2D eigenvalue weighted by atomic mass is 35.5. The number of aromatic amines is 1. The number of benzene rings is 2. The van der Waals surface area contributed by atoms with Gasteiger partial charge in [0, 0.05) is 16.3 Å². The van der Waals surface area contributed by atoms with E-state index in [1.54, 1.807) is 30.9 Å². The Balaban J connectivity index is 1.71. The van der Waals surface area contributed by atoms with Gasteiger partial charge in [-0.05, 0) is 42.0 Å². The summed E-state index contributed by atoms with van der Waals surface area (Å²) in [4.78, 5) is 12.3. The number of methoxy groups -OCH3 is 2. The topological polar surface area (TPSA) is 81.5 Å². The van der Waals surface area contributed by atoms with Gasteiger partial charge in [0.15, 0.2) is 11.5 Å². The second-order valence-corrected chi connectivity index (χ2v) is 7.53. The average Bonchev–Trinajstić information content (AvgIpc) is 3.19. The van der Waals surface area contributed by atoms with Gasteiger partial charge in [-0.2, -0.15) is 5.10 Å². The molecule has 7 nitrogen and oxygen atoms in total. The number of rotatable bonds is 6. The molecule has 0 saturated heterocycles. The molecule has 0 spiro atoms. The molecule has 148 valence electrons. The van der Waals surface area contributed by atoms with Crippen LogP contribution in [0.25, 0.3) is 16.8 Å². The standard InChI is InChI=1S/C20H17ClN4O3S/c1-27-17-7-6-13(9-18(17)28-2)15-10-16-19(26)22-23-20(25(16)24-15)29-11-12-4-3-5-14(21)8-12/h3-10H,11H2,1-2H3,(H,22,26). The summed E-state index contributed by atoms with van der Waals surface area (Å²) in [7, 11) is 3.15. The van der Waals surface area contributed by atoms with Crippen molar-refractivity contribution in [1.29, 1.82) is 0 Å². The lowest BCUT2D eigenvalue weighted by Crippen LogP contribution is -2.13. The van der Waals surface area contributed by atoms with Gasteiger partial charge in [-0.15, -0.1) is 5.10 Å². The molecule has 0 bridgehead atoms. The summed E-state index contributed by atoms with van der Waals surface area (Å²) in [5.74, 6) is 1.85. The summed E-state index contributed by atoms with van der Waals surface area (Å²) in [5.41, 5.74) is 2.59. The molecule has 0 unspecified atom stereocenters. The summed E-state index contributed by atoms with van der Waals surface area (Å²) < 4.78 is 12.2. The number of nitrogens with zero attached hydrogens (tertiary/aromatic N) is 3. The summed E-state index contributed by atoms with van der Waals surface area (Å²) >= 11 is 7.51. The van der Waals surface area contributed by atoms with Crippen LogP contribution in [0.2, 0.25) is 5.02 Å². The van der Waals surface area contributed by atoms with Crippen LogP contribution in [0.4, 0.5) is 0 Å². The number of nitrogens with one attached hydrogen (secondary N) is 1. The quantitative estimate of drug-likeness (QED) is 0.466. The molecular formula is C20H17ClN4O3S. The predicted molar refractivity (Wildman–Crippen MR) is 113 cm³/mol. The minimum Gasteiger partial charge on any atom is -0.493 e. The van der Waals surface area contributed by atoms with Gasteiger partial charge in [-0.3, -0.25) is 4.79 Å². The Bertz CT molecular complexity index is 1240. The summed E-state index contributed by atoms with van der Waals surface area (Å²) in [6.45, 7) is 0. The lowest BCUT2D eigenvalue weighted by molar-refractivity contribution is 0.355. The van der Waals surface area contributed by atoms with Gasteiger partial charge in [0.2, 0.25) is 5.16 Å². The van der Waals surface area contributed by atoms with E-state index in [2.05, 4.69) is 15.3 Å². The van der Waals surface area contributed by atoms with Crippen LogP contribution in [0, 0.1) is 0 Å². The lowest BCUT2D eigenvalue weighted by atomic mass is 10.1. The van der Waals surface area contributed by atoms with Crippen LogP contribution in [0.3, 0.4) is 0 Å². The van der Waals surface area contributed by atoms with Crippen LogP contribution >= 0.6 is 23.4 Å². The number of halogens is 1. The van der Waals surface area contributed by atoms with Crippen molar-refractivity contribution in [2.75, 3.05) is 14.2 Å². The molecule has 0 atom stereocenters. The molecule has 2 aromatic carbocycles. The second kappa shape index (κ2) is 8.18. The third-order valence-electron chi connectivity index (χ3n) is 4.31. The van der Waals surface area contributed by atoms with Gasteiger partial charge in [0.05, 0.1) is 19.9 Å². The number of hydrogen-bond donors (Lipinski definition) is 1. The molecule has 4 aromatic rings. The van der Waals surface area contributed by atoms with Crippen LogP contribution in [0.15, 0.2) is 58.5 Å². The Morgan fingerprint density at radius 2 is 1.93 bits per heavy atom. The first-order valence-corrected chi connectivity index (χ1v) is 10.0. The van der Waals surface area contributed by atoms with E-state index >= 15 is 0 Å². The van der Waals surface area contributed by atoms with Crippen LogP contribution in [0.1, 0.15) is 5.56 Å². The highest BCUT2D eigenvalue weighted by molar-refractivity contribution is 7.98. The maximum absolute atomic E-state index is 12.3. The zero-order valence-electron chi connectivity index (χ0n) is 15.7. The Kier molecular flexibility index (Phi) is 5.46. The molecule has 0 aliphatic rings. The zero-order valence-corrected chi connectivity index (χ0v) is 17.3. The van der Waals surface area contributed by atoms with Crippen molar-refractivity contribution in [3.8, 4) is 22.8 Å². The molecule has 0 aliphatic heterocycles. The van der Waals surface area contributed by atoms with Crippen molar-refractivity contribution in [2.45, 2.75) is 10.9 Å². The molecule has 4 rings (SSSR count). The Labute approximate surface area is 175 Å². The van der Waals surface area contributed by atoms with Crippen LogP contribution in [0.5, 0.6) is 11.5 Å². The van der Waals surface area contributed by atoms with Crippen molar-refractivity contribution in [1.82, 2.24) is 19.8 Å². The van der Waals surface area contributed by atoms with Crippen LogP contribution in [-0.4, -0.2) is 34.0 Å². The Morgan fingerprint density at radius 3 is 2.69 bits per heavy atom. The maximum atomic E-state index is 12.3. The fraction of sp³-hybridized carbons (Fsp3) is 0.150. The molecule has 0 amide bonds. The minimum absolute atomic E-state index is 0.309. The van der Waals surface area contributed by atoms with Gasteiger partial charge in [-0.1, -0.05) is 35.5 Å². The predicted octanol–water partition coefficient (Wildman–Crippen LogP) is 4.05. The molecule has 0 saturated carbocycles. The first-order valence-electron chi connectivity index (χ1n) is 8.67. The van der Waals surface area contributed by atoms with Crippen molar-refractivity contribution in [3.63, 3.8) is 0 Å². The van der Waals surface area contributed by atoms with E-state index in [-0.39, 0.29) is 5.56 Å². The SMILES string of the molecule is COc1ccc(-c2cc3c(=O)[nH]nc(SCc4cccc(Cl)c4)n3n2)cc1OC. The van der Waals surface area contributed by atoms with E-state index in [1.165, 1.54) is 11.8 Å². The zero-order chi connectivity index (χ0) is 20.4. The highest BCUT2D eigenvalue weighted by Gasteiger charge is 2.14. The fourth-order valence-electron chi connectivity index (χ4n) is 2.90. The van der Waals surface area contributed by atoms with Crippen molar-refractivity contribution >= 4 is 28.9 Å². The monoisotopic (exact) mass is 428 g/mol. The van der Waals surface area contributed by atoms with Gasteiger partial charge in [0.25, 0.3) is 5.56 Å². The van der Waals surface area contributed by atoms with Crippen molar-refractivity contribution in [3.05, 3.63) is 69.5 Å². The van der Waals surface area contributed by atoms with E-state index in [1.807, 2.05) is 36.4 Å². The average molecular weight is 429 g/mol.